The largest absolute Gasteiger partial charge is 0.359 e. The highest BCUT2D eigenvalue weighted by Crippen LogP contribution is 1.93. The molecule has 0 fully saturated rings. The van der Waals surface area contributed by atoms with Crippen LogP contribution in [0.5, 0.6) is 0 Å². The molecule has 0 rings (SSSR count). The fourth-order valence-electron chi connectivity index (χ4n) is 1.63. The Morgan fingerprint density at radius 2 is 0.720 bits per heavy atom. The van der Waals surface area contributed by atoms with E-state index in [1.165, 1.54) is 0 Å². The summed E-state index contributed by atoms with van der Waals surface area (Å²) in [5.74, 6) is 8.43. The van der Waals surface area contributed by atoms with Gasteiger partial charge < -0.3 is 28.4 Å². The lowest BCUT2D eigenvalue weighted by Gasteiger charge is -2.08. The van der Waals surface area contributed by atoms with Gasteiger partial charge in [0.15, 0.2) is 28.6 Å². The van der Waals surface area contributed by atoms with Crippen LogP contribution < -0.4 is 0 Å². The third-order valence-corrected chi connectivity index (χ3v) is 7.35. The van der Waals surface area contributed by atoms with E-state index >= 15 is 0 Å². The molecule has 0 aliphatic heterocycles. The van der Waals surface area contributed by atoms with Gasteiger partial charge in [0.25, 0.3) is 0 Å². The van der Waals surface area contributed by atoms with E-state index in [1.807, 2.05) is 0 Å². The molecular formula is C16H28O6Si3. The minimum atomic E-state index is -0.830. The number of methoxy groups -OCH3 is 6. The van der Waals surface area contributed by atoms with Gasteiger partial charge in [0.1, 0.15) is 23.7 Å². The number of hydrogen-bond acceptors (Lipinski definition) is 6. The first-order valence-electron chi connectivity index (χ1n) is 7.77. The fourth-order valence-corrected chi connectivity index (χ4v) is 4.10. The Morgan fingerprint density at radius 3 is 0.920 bits per heavy atom. The van der Waals surface area contributed by atoms with Crippen molar-refractivity contribution in [1.82, 2.24) is 0 Å². The second kappa shape index (κ2) is 16.6. The number of rotatable bonds is 9. The SMILES string of the molecule is COC(OC)[SiH2]C#CC(C#C[SiH2]C(OC)OC)C#C[SiH2]C(OC)OC. The van der Waals surface area contributed by atoms with Crippen molar-refractivity contribution in [3.05, 3.63) is 0 Å². The second-order valence-electron chi connectivity index (χ2n) is 4.71. The molecule has 0 spiro atoms. The van der Waals surface area contributed by atoms with Gasteiger partial charge >= 0.3 is 0 Å². The van der Waals surface area contributed by atoms with Crippen molar-refractivity contribution in [3.63, 3.8) is 0 Å². The molecule has 0 aromatic carbocycles. The van der Waals surface area contributed by atoms with Gasteiger partial charge in [-0.2, -0.15) is 0 Å². The highest BCUT2D eigenvalue weighted by molar-refractivity contribution is 6.48. The maximum Gasteiger partial charge on any atom is 0.172 e. The summed E-state index contributed by atoms with van der Waals surface area (Å²) in [6.45, 7) is 0. The molecule has 6 nitrogen and oxygen atoms in total. The van der Waals surface area contributed by atoms with Crippen molar-refractivity contribution in [1.29, 1.82) is 0 Å². The smallest absolute Gasteiger partial charge is 0.172 e. The first-order chi connectivity index (χ1) is 12.1. The zero-order valence-electron chi connectivity index (χ0n) is 15.9. The van der Waals surface area contributed by atoms with Crippen LogP contribution in [0.15, 0.2) is 0 Å². The minimum absolute atomic E-state index is 0.212. The van der Waals surface area contributed by atoms with Gasteiger partial charge in [-0.05, 0) is 0 Å². The topological polar surface area (TPSA) is 55.4 Å². The highest BCUT2D eigenvalue weighted by atomic mass is 28.2. The van der Waals surface area contributed by atoms with Crippen LogP contribution in [0.1, 0.15) is 0 Å². The van der Waals surface area contributed by atoms with Crippen LogP contribution in [0.4, 0.5) is 0 Å². The first kappa shape index (κ1) is 24.1. The third-order valence-electron chi connectivity index (χ3n) is 3.12. The van der Waals surface area contributed by atoms with E-state index in [0.29, 0.717) is 0 Å². The van der Waals surface area contributed by atoms with Crippen molar-refractivity contribution >= 4 is 28.6 Å². The van der Waals surface area contributed by atoms with Crippen molar-refractivity contribution < 1.29 is 28.4 Å². The Labute approximate surface area is 158 Å². The molecule has 0 atom stereocenters. The summed E-state index contributed by atoms with van der Waals surface area (Å²) >= 11 is 0. The van der Waals surface area contributed by atoms with E-state index in [2.05, 4.69) is 34.4 Å². The predicted molar refractivity (Wildman–Crippen MR) is 106 cm³/mol. The lowest BCUT2D eigenvalue weighted by atomic mass is 10.2. The molecule has 9 heteroatoms. The zero-order valence-corrected chi connectivity index (χ0v) is 20.1. The average molecular weight is 401 g/mol. The van der Waals surface area contributed by atoms with Crippen LogP contribution in [-0.4, -0.2) is 89.0 Å². The lowest BCUT2D eigenvalue weighted by molar-refractivity contribution is -0.0429. The molecule has 0 aromatic rings. The third kappa shape index (κ3) is 12.1. The Balaban J connectivity index is 4.96. The van der Waals surface area contributed by atoms with Crippen LogP contribution in [0.3, 0.4) is 0 Å². The van der Waals surface area contributed by atoms with Gasteiger partial charge in [-0.1, -0.05) is 17.8 Å². The Morgan fingerprint density at radius 1 is 0.480 bits per heavy atom. The molecule has 0 amide bonds. The highest BCUT2D eigenvalue weighted by Gasteiger charge is 2.05. The molecule has 0 heterocycles. The van der Waals surface area contributed by atoms with E-state index in [4.69, 9.17) is 28.4 Å². The molecule has 140 valence electrons. The fraction of sp³-hybridized carbons (Fsp3) is 0.625. The molecule has 0 saturated heterocycles. The van der Waals surface area contributed by atoms with E-state index in [1.54, 1.807) is 42.7 Å². The van der Waals surface area contributed by atoms with Crippen molar-refractivity contribution in [3.8, 4) is 34.4 Å². The van der Waals surface area contributed by atoms with E-state index in [9.17, 15) is 0 Å². The minimum Gasteiger partial charge on any atom is -0.359 e. The molecule has 0 aliphatic rings. The average Bonchev–Trinajstić information content (AvgIpc) is 2.65. The molecule has 0 unspecified atom stereocenters. The molecule has 0 aromatic heterocycles. The maximum atomic E-state index is 5.18. The van der Waals surface area contributed by atoms with Gasteiger partial charge in [0, 0.05) is 42.7 Å². The van der Waals surface area contributed by atoms with Gasteiger partial charge in [0.2, 0.25) is 0 Å². The van der Waals surface area contributed by atoms with Crippen molar-refractivity contribution in [2.24, 2.45) is 5.92 Å². The Kier molecular flexibility index (Phi) is 16.0. The van der Waals surface area contributed by atoms with Crippen LogP contribution in [0.2, 0.25) is 0 Å². The summed E-state index contributed by atoms with van der Waals surface area (Å²) < 4.78 is 31.1. The summed E-state index contributed by atoms with van der Waals surface area (Å²) in [4.78, 5) is 0. The summed E-state index contributed by atoms with van der Waals surface area (Å²) in [6.07, 6.45) is 0. The number of hydrogen-bond donors (Lipinski definition) is 0. The molecule has 0 saturated carbocycles. The summed E-state index contributed by atoms with van der Waals surface area (Å²) in [5.41, 5.74) is 9.48. The van der Waals surface area contributed by atoms with Gasteiger partial charge in [-0.15, -0.1) is 16.6 Å². The normalized spacial score (nSPS) is 12.8. The van der Waals surface area contributed by atoms with Crippen LogP contribution in [-0.2, 0) is 28.4 Å². The summed E-state index contributed by atoms with van der Waals surface area (Å²) in [6, 6.07) is 0. The summed E-state index contributed by atoms with van der Waals surface area (Å²) in [7, 11) is 7.19. The van der Waals surface area contributed by atoms with Crippen LogP contribution >= 0.6 is 0 Å². The molecule has 0 N–H and O–H groups in total. The Hall–Kier alpha value is -0.909. The van der Waals surface area contributed by atoms with Gasteiger partial charge in [-0.25, -0.2) is 0 Å². The van der Waals surface area contributed by atoms with Crippen LogP contribution in [0, 0.1) is 40.3 Å². The first-order valence-corrected chi connectivity index (χ1v) is 12.3. The van der Waals surface area contributed by atoms with E-state index < -0.39 is 28.6 Å². The molecule has 25 heavy (non-hydrogen) atoms. The van der Waals surface area contributed by atoms with Crippen molar-refractivity contribution in [2.45, 2.75) is 17.7 Å². The standard InChI is InChI=1S/C16H28O6Si3/c1-17-14(18-2)23-10-7-13(8-11-24-15(19-3)20-4)9-12-25-16(21-5)22-6/h13-16H,23-25H2,1-6H3. The second-order valence-corrected chi connectivity index (χ2v) is 9.00. The zero-order chi connectivity index (χ0) is 18.9. The molecule has 0 bridgehead atoms. The van der Waals surface area contributed by atoms with Crippen LogP contribution in [0.25, 0.3) is 0 Å². The van der Waals surface area contributed by atoms with E-state index in [-0.39, 0.29) is 23.7 Å². The van der Waals surface area contributed by atoms with Crippen molar-refractivity contribution in [2.75, 3.05) is 42.7 Å². The van der Waals surface area contributed by atoms with Gasteiger partial charge in [-0.3, -0.25) is 0 Å². The van der Waals surface area contributed by atoms with E-state index in [0.717, 1.165) is 0 Å². The lowest BCUT2D eigenvalue weighted by Crippen LogP contribution is -2.21. The Bertz CT molecular complexity index is 437. The summed E-state index contributed by atoms with van der Waals surface area (Å²) in [5, 5.41) is 0. The molecular weight excluding hydrogens is 372 g/mol. The van der Waals surface area contributed by atoms with Gasteiger partial charge in [0.05, 0.1) is 0 Å². The molecule has 0 radical (unpaired) electrons. The monoisotopic (exact) mass is 400 g/mol. The quantitative estimate of drug-likeness (QED) is 0.247. The predicted octanol–water partition coefficient (Wildman–Crippen LogP) is -2.28. The molecule has 0 aliphatic carbocycles. The maximum absolute atomic E-state index is 5.18. The number of ether oxygens (including phenoxy) is 6.